The first-order valence-corrected chi connectivity index (χ1v) is 12.6. The number of aryl methyl sites for hydroxylation is 1. The number of esters is 1. The predicted octanol–water partition coefficient (Wildman–Crippen LogP) is 6.24. The number of aldehydes is 1. The largest absolute Gasteiger partial charge is 0.491 e. The van der Waals surface area contributed by atoms with E-state index in [0.29, 0.717) is 18.7 Å². The fourth-order valence-electron chi connectivity index (χ4n) is 4.67. The van der Waals surface area contributed by atoms with E-state index in [1.165, 1.54) is 11.1 Å². The van der Waals surface area contributed by atoms with E-state index in [-0.39, 0.29) is 17.8 Å². The lowest BCUT2D eigenvalue weighted by atomic mass is 9.74. The summed E-state index contributed by atoms with van der Waals surface area (Å²) in [5.74, 6) is 0.774. The van der Waals surface area contributed by atoms with Crippen molar-refractivity contribution < 1.29 is 19.1 Å². The third-order valence-electron chi connectivity index (χ3n) is 6.67. The highest BCUT2D eigenvalue weighted by atomic mass is 35.5. The molecule has 0 amide bonds. The second kappa shape index (κ2) is 10.4. The van der Waals surface area contributed by atoms with E-state index >= 15 is 0 Å². The highest BCUT2D eigenvalue weighted by Crippen LogP contribution is 2.38. The molecule has 2 aromatic carbocycles. The molecule has 1 fully saturated rings. The van der Waals surface area contributed by atoms with Crippen molar-refractivity contribution in [2.75, 3.05) is 18.1 Å². The molecule has 0 unspecified atom stereocenters. The van der Waals surface area contributed by atoms with Gasteiger partial charge in [0.25, 0.3) is 0 Å². The van der Waals surface area contributed by atoms with Gasteiger partial charge in [0.05, 0.1) is 17.9 Å². The van der Waals surface area contributed by atoms with Crippen molar-refractivity contribution in [3.05, 3.63) is 58.1 Å². The van der Waals surface area contributed by atoms with Crippen LogP contribution in [0.25, 0.3) is 0 Å². The van der Waals surface area contributed by atoms with E-state index in [1.807, 2.05) is 39.0 Å². The van der Waals surface area contributed by atoms with Crippen molar-refractivity contribution in [3.8, 4) is 5.75 Å². The van der Waals surface area contributed by atoms with E-state index in [9.17, 15) is 9.59 Å². The fraction of sp³-hybridized carbons (Fsp3) is 0.500. The number of anilines is 1. The Bertz CT molecular complexity index is 1050. The molecule has 0 spiro atoms. The van der Waals surface area contributed by atoms with Crippen LogP contribution < -0.4 is 9.64 Å². The maximum Gasteiger partial charge on any atom is 0.338 e. The van der Waals surface area contributed by atoms with Crippen LogP contribution in [0, 0.1) is 11.8 Å². The number of carbonyl (C=O) groups excluding carboxylic acids is 2. The number of nitrogens with zero attached hydrogens (tertiary/aromatic N) is 1. The number of hydrogen-bond acceptors (Lipinski definition) is 5. The Morgan fingerprint density at radius 3 is 2.68 bits per heavy atom. The average molecular weight is 484 g/mol. The summed E-state index contributed by atoms with van der Waals surface area (Å²) in [6, 6.07) is 11.6. The van der Waals surface area contributed by atoms with Gasteiger partial charge in [0.2, 0.25) is 0 Å². The van der Waals surface area contributed by atoms with Crippen LogP contribution in [0.5, 0.6) is 5.75 Å². The zero-order valence-corrected chi connectivity index (χ0v) is 21.1. The molecule has 1 aliphatic heterocycles. The third kappa shape index (κ3) is 5.93. The average Bonchev–Trinajstić information content (AvgIpc) is 2.78. The summed E-state index contributed by atoms with van der Waals surface area (Å²) >= 11 is 6.33. The van der Waals surface area contributed by atoms with Crippen LogP contribution in [0.2, 0.25) is 5.02 Å². The van der Waals surface area contributed by atoms with Crippen LogP contribution in [-0.4, -0.2) is 31.0 Å². The first kappa shape index (κ1) is 24.6. The fourth-order valence-corrected chi connectivity index (χ4v) is 4.86. The topological polar surface area (TPSA) is 55.8 Å². The van der Waals surface area contributed by atoms with Gasteiger partial charge in [-0.15, -0.1) is 0 Å². The summed E-state index contributed by atoms with van der Waals surface area (Å²) in [5.41, 5.74) is 3.23. The standard InChI is InChI=1S/C28H34ClNO4/c1-28(2,3)34-27(32)20-10-12-26-25(15-20)30(17-22-7-8-23(22)18-31)16-21-9-11-24(29)14-19(21)6-4-5-13-33-26/h9-12,14-15,18,22-23H,4-8,13,16-17H2,1-3H3/t22-,23-/m0/s1. The molecule has 1 aliphatic carbocycles. The summed E-state index contributed by atoms with van der Waals surface area (Å²) in [6.07, 6.45) is 5.92. The Hall–Kier alpha value is -2.53. The molecule has 5 nitrogen and oxygen atoms in total. The van der Waals surface area contributed by atoms with Gasteiger partial charge in [-0.2, -0.15) is 0 Å². The number of carbonyl (C=O) groups is 2. The zero-order valence-electron chi connectivity index (χ0n) is 20.3. The van der Waals surface area contributed by atoms with E-state index in [4.69, 9.17) is 21.1 Å². The Morgan fingerprint density at radius 1 is 1.15 bits per heavy atom. The number of rotatable bonds is 4. The quantitative estimate of drug-likeness (QED) is 0.380. The summed E-state index contributed by atoms with van der Waals surface area (Å²) in [7, 11) is 0. The van der Waals surface area contributed by atoms with Crippen LogP contribution in [0.3, 0.4) is 0 Å². The molecule has 0 aromatic heterocycles. The molecular weight excluding hydrogens is 450 g/mol. The molecule has 0 bridgehead atoms. The van der Waals surface area contributed by atoms with Gasteiger partial charge in [-0.05, 0) is 100 Å². The Labute approximate surface area is 207 Å². The molecular formula is C28H34ClNO4. The molecule has 182 valence electrons. The summed E-state index contributed by atoms with van der Waals surface area (Å²) in [6.45, 7) is 7.57. The van der Waals surface area contributed by atoms with Crippen molar-refractivity contribution in [2.45, 2.75) is 65.0 Å². The molecule has 0 saturated heterocycles. The van der Waals surface area contributed by atoms with Crippen molar-refractivity contribution in [1.82, 2.24) is 0 Å². The molecule has 4 rings (SSSR count). The molecule has 2 aromatic rings. The normalized spacial score (nSPS) is 20.6. The van der Waals surface area contributed by atoms with Crippen molar-refractivity contribution >= 4 is 29.5 Å². The lowest BCUT2D eigenvalue weighted by Crippen LogP contribution is -2.39. The number of ether oxygens (including phenoxy) is 2. The van der Waals surface area contributed by atoms with Gasteiger partial charge >= 0.3 is 5.97 Å². The maximum atomic E-state index is 12.9. The summed E-state index contributed by atoms with van der Waals surface area (Å²) < 4.78 is 11.8. The van der Waals surface area contributed by atoms with Crippen LogP contribution in [-0.2, 0) is 22.5 Å². The minimum Gasteiger partial charge on any atom is -0.491 e. The smallest absolute Gasteiger partial charge is 0.338 e. The SMILES string of the molecule is CC(C)(C)OC(=O)c1ccc2c(c1)N(C[C@@H]1CC[C@H]1C=O)Cc1ccc(Cl)cc1CCCCO2. The zero-order chi connectivity index (χ0) is 24.3. The third-order valence-corrected chi connectivity index (χ3v) is 6.90. The monoisotopic (exact) mass is 483 g/mol. The molecule has 0 radical (unpaired) electrons. The number of benzene rings is 2. The van der Waals surface area contributed by atoms with Crippen molar-refractivity contribution in [2.24, 2.45) is 11.8 Å². The maximum absolute atomic E-state index is 12.9. The molecule has 0 N–H and O–H groups in total. The first-order chi connectivity index (χ1) is 16.2. The molecule has 2 aliphatic rings. The summed E-state index contributed by atoms with van der Waals surface area (Å²) in [5, 5.41) is 0.740. The minimum absolute atomic E-state index is 0.0845. The van der Waals surface area contributed by atoms with E-state index in [2.05, 4.69) is 17.0 Å². The van der Waals surface area contributed by atoms with Crippen LogP contribution in [0.4, 0.5) is 5.69 Å². The van der Waals surface area contributed by atoms with Crippen molar-refractivity contribution in [3.63, 3.8) is 0 Å². The molecule has 2 atom stereocenters. The highest BCUT2D eigenvalue weighted by Gasteiger charge is 2.33. The van der Waals surface area contributed by atoms with E-state index in [0.717, 1.165) is 61.4 Å². The van der Waals surface area contributed by atoms with Gasteiger partial charge in [0.1, 0.15) is 17.6 Å². The second-order valence-electron chi connectivity index (χ2n) is 10.4. The van der Waals surface area contributed by atoms with Gasteiger partial charge < -0.3 is 19.2 Å². The Kier molecular flexibility index (Phi) is 7.51. The van der Waals surface area contributed by atoms with Gasteiger partial charge in [-0.1, -0.05) is 17.7 Å². The van der Waals surface area contributed by atoms with Gasteiger partial charge in [0, 0.05) is 24.0 Å². The van der Waals surface area contributed by atoms with Crippen LogP contribution in [0.15, 0.2) is 36.4 Å². The van der Waals surface area contributed by atoms with Crippen LogP contribution >= 0.6 is 11.6 Å². The summed E-state index contributed by atoms with van der Waals surface area (Å²) in [4.78, 5) is 26.7. The number of fused-ring (bicyclic) bond motifs is 2. The second-order valence-corrected chi connectivity index (χ2v) is 10.9. The predicted molar refractivity (Wildman–Crippen MR) is 135 cm³/mol. The molecule has 34 heavy (non-hydrogen) atoms. The van der Waals surface area contributed by atoms with Crippen LogP contribution in [0.1, 0.15) is 67.9 Å². The Balaban J connectivity index is 1.75. The lowest BCUT2D eigenvalue weighted by Gasteiger charge is -2.38. The first-order valence-electron chi connectivity index (χ1n) is 12.2. The van der Waals surface area contributed by atoms with E-state index in [1.54, 1.807) is 6.07 Å². The molecule has 6 heteroatoms. The molecule has 1 saturated carbocycles. The molecule has 1 heterocycles. The number of halogens is 1. The van der Waals surface area contributed by atoms with Crippen molar-refractivity contribution in [1.29, 1.82) is 0 Å². The van der Waals surface area contributed by atoms with E-state index < -0.39 is 5.60 Å². The Morgan fingerprint density at radius 2 is 1.97 bits per heavy atom. The highest BCUT2D eigenvalue weighted by molar-refractivity contribution is 6.30. The van der Waals surface area contributed by atoms with Gasteiger partial charge in [0.15, 0.2) is 0 Å². The minimum atomic E-state index is -0.577. The van der Waals surface area contributed by atoms with Gasteiger partial charge in [-0.25, -0.2) is 4.79 Å². The van der Waals surface area contributed by atoms with Gasteiger partial charge in [-0.3, -0.25) is 0 Å². The lowest BCUT2D eigenvalue weighted by molar-refractivity contribution is -0.115. The number of hydrogen-bond donors (Lipinski definition) is 0.